The third-order valence-electron chi connectivity index (χ3n) is 2.38. The Morgan fingerprint density at radius 3 is 2.56 bits per heavy atom. The Morgan fingerprint density at radius 1 is 1.61 bits per heavy atom. The lowest BCUT2D eigenvalue weighted by molar-refractivity contribution is -0.146. The summed E-state index contributed by atoms with van der Waals surface area (Å²) < 4.78 is 27.2. The molecule has 1 heterocycles. The van der Waals surface area contributed by atoms with Crippen molar-refractivity contribution in [3.05, 3.63) is 11.2 Å². The minimum Gasteiger partial charge on any atom is -0.481 e. The molecule has 0 unspecified atom stereocenters. The first kappa shape index (κ1) is 14.9. The molecule has 0 aliphatic heterocycles. The number of hydrogen-bond acceptors (Lipinski definition) is 4. The maximum Gasteiger partial charge on any atom is 0.310 e. The molecule has 0 atom stereocenters. The lowest BCUT2D eigenvalue weighted by atomic mass is 9.95. The average Bonchev–Trinajstić information content (AvgIpc) is 2.56. The normalized spacial score (nSPS) is 12.7. The summed E-state index contributed by atoms with van der Waals surface area (Å²) in [6, 6.07) is 0. The standard InChI is InChI=1S/C9H14ClN3O4S/c1-9(2,8(14)15)5-12-18(16,17)7-6(10)4-11-13(7)3/h4,12H,5H2,1-3H3,(H,14,15). The smallest absolute Gasteiger partial charge is 0.310 e. The van der Waals surface area contributed by atoms with Crippen LogP contribution in [0, 0.1) is 5.41 Å². The van der Waals surface area contributed by atoms with Crippen molar-refractivity contribution >= 4 is 27.6 Å². The Morgan fingerprint density at radius 2 is 2.17 bits per heavy atom. The number of carbonyl (C=O) groups is 1. The van der Waals surface area contributed by atoms with Crippen molar-refractivity contribution in [2.24, 2.45) is 12.5 Å². The highest BCUT2D eigenvalue weighted by Gasteiger charge is 2.31. The fourth-order valence-electron chi connectivity index (χ4n) is 1.12. The summed E-state index contributed by atoms with van der Waals surface area (Å²) in [5.41, 5.74) is -1.21. The molecule has 7 nitrogen and oxygen atoms in total. The van der Waals surface area contributed by atoms with Crippen LogP contribution >= 0.6 is 11.6 Å². The Hall–Kier alpha value is -1.12. The summed E-state index contributed by atoms with van der Waals surface area (Å²) in [5, 5.41) is 12.4. The SMILES string of the molecule is Cn1ncc(Cl)c1S(=O)(=O)NCC(C)(C)C(=O)O. The molecule has 0 aliphatic carbocycles. The second-order valence-electron chi connectivity index (χ2n) is 4.43. The van der Waals surface area contributed by atoms with E-state index in [4.69, 9.17) is 16.7 Å². The number of carboxylic acids is 1. The van der Waals surface area contributed by atoms with E-state index in [-0.39, 0.29) is 16.6 Å². The molecular formula is C9H14ClN3O4S. The van der Waals surface area contributed by atoms with E-state index in [9.17, 15) is 13.2 Å². The number of aromatic nitrogens is 2. The van der Waals surface area contributed by atoms with Crippen LogP contribution in [0.2, 0.25) is 5.02 Å². The van der Waals surface area contributed by atoms with E-state index in [2.05, 4.69) is 9.82 Å². The summed E-state index contributed by atoms with van der Waals surface area (Å²) in [6.45, 7) is 2.59. The zero-order chi connectivity index (χ0) is 14.1. The molecule has 102 valence electrons. The van der Waals surface area contributed by atoms with Gasteiger partial charge in [-0.15, -0.1) is 0 Å². The molecule has 0 aliphatic rings. The zero-order valence-electron chi connectivity index (χ0n) is 10.1. The van der Waals surface area contributed by atoms with Crippen molar-refractivity contribution in [1.82, 2.24) is 14.5 Å². The fourth-order valence-corrected chi connectivity index (χ4v) is 2.98. The van der Waals surface area contributed by atoms with Gasteiger partial charge in [0.1, 0.15) is 0 Å². The van der Waals surface area contributed by atoms with E-state index >= 15 is 0 Å². The number of nitrogens with one attached hydrogen (secondary N) is 1. The molecule has 0 saturated carbocycles. The van der Waals surface area contributed by atoms with Gasteiger partial charge in [0.2, 0.25) is 0 Å². The van der Waals surface area contributed by atoms with E-state index in [1.54, 1.807) is 0 Å². The van der Waals surface area contributed by atoms with Crippen molar-refractivity contribution in [2.75, 3.05) is 6.54 Å². The number of sulfonamides is 1. The fraction of sp³-hybridized carbons (Fsp3) is 0.556. The third-order valence-corrected chi connectivity index (χ3v) is 4.29. The number of hydrogen-bond donors (Lipinski definition) is 2. The predicted molar refractivity (Wildman–Crippen MR) is 64.8 cm³/mol. The molecule has 1 aromatic heterocycles. The van der Waals surface area contributed by atoms with Gasteiger partial charge in [0.15, 0.2) is 5.03 Å². The lowest BCUT2D eigenvalue weighted by Crippen LogP contribution is -2.39. The van der Waals surface area contributed by atoms with Crippen molar-refractivity contribution in [3.8, 4) is 0 Å². The van der Waals surface area contributed by atoms with Crippen LogP contribution < -0.4 is 4.72 Å². The number of carboxylic acid groups (broad SMARTS) is 1. The summed E-state index contributed by atoms with van der Waals surface area (Å²) in [4.78, 5) is 10.9. The molecule has 0 bridgehead atoms. The largest absolute Gasteiger partial charge is 0.481 e. The lowest BCUT2D eigenvalue weighted by Gasteiger charge is -2.19. The first-order valence-corrected chi connectivity index (χ1v) is 6.84. The van der Waals surface area contributed by atoms with Crippen LogP contribution in [0.4, 0.5) is 0 Å². The second kappa shape index (κ2) is 4.87. The Balaban J connectivity index is 2.95. The Bertz CT molecular complexity index is 545. The second-order valence-corrected chi connectivity index (χ2v) is 6.52. The molecular weight excluding hydrogens is 282 g/mol. The number of aryl methyl sites for hydroxylation is 1. The van der Waals surface area contributed by atoms with Gasteiger partial charge in [-0.25, -0.2) is 13.1 Å². The highest BCUT2D eigenvalue weighted by atomic mass is 35.5. The summed E-state index contributed by atoms with van der Waals surface area (Å²) in [6.07, 6.45) is 1.21. The minimum absolute atomic E-state index is 0.0156. The molecule has 0 spiro atoms. The summed E-state index contributed by atoms with van der Waals surface area (Å²) >= 11 is 5.72. The molecule has 0 fully saturated rings. The first-order chi connectivity index (χ1) is 8.08. The number of rotatable bonds is 5. The average molecular weight is 296 g/mol. The number of nitrogens with zero attached hydrogens (tertiary/aromatic N) is 2. The molecule has 1 rings (SSSR count). The monoisotopic (exact) mass is 295 g/mol. The first-order valence-electron chi connectivity index (χ1n) is 4.98. The van der Waals surface area contributed by atoms with Crippen LogP contribution in [0.3, 0.4) is 0 Å². The van der Waals surface area contributed by atoms with E-state index in [0.29, 0.717) is 0 Å². The van der Waals surface area contributed by atoms with E-state index in [1.807, 2.05) is 0 Å². The van der Waals surface area contributed by atoms with Gasteiger partial charge in [0.25, 0.3) is 10.0 Å². The van der Waals surface area contributed by atoms with Crippen molar-refractivity contribution in [1.29, 1.82) is 0 Å². The van der Waals surface area contributed by atoms with Gasteiger partial charge in [0.05, 0.1) is 16.6 Å². The predicted octanol–water partition coefficient (Wildman–Crippen LogP) is 0.463. The van der Waals surface area contributed by atoms with Gasteiger partial charge in [-0.1, -0.05) is 11.6 Å². The molecule has 0 amide bonds. The third kappa shape index (κ3) is 3.01. The van der Waals surface area contributed by atoms with Crippen molar-refractivity contribution in [2.45, 2.75) is 18.9 Å². The number of aliphatic carboxylic acids is 1. The van der Waals surface area contributed by atoms with Crippen LogP contribution in [0.5, 0.6) is 0 Å². The van der Waals surface area contributed by atoms with Gasteiger partial charge < -0.3 is 5.11 Å². The Labute approximate surface area is 110 Å². The molecule has 0 aromatic carbocycles. The molecule has 1 aromatic rings. The quantitative estimate of drug-likeness (QED) is 0.822. The molecule has 0 radical (unpaired) electrons. The number of halogens is 1. The van der Waals surface area contributed by atoms with Crippen LogP contribution in [0.25, 0.3) is 0 Å². The minimum atomic E-state index is -3.89. The highest BCUT2D eigenvalue weighted by Crippen LogP contribution is 2.21. The maximum absolute atomic E-state index is 12.0. The van der Waals surface area contributed by atoms with Gasteiger partial charge in [0, 0.05) is 13.6 Å². The summed E-state index contributed by atoms with van der Waals surface area (Å²) in [7, 11) is -2.46. The molecule has 9 heteroatoms. The Kier molecular flexibility index (Phi) is 4.04. The van der Waals surface area contributed by atoms with Gasteiger partial charge >= 0.3 is 5.97 Å². The summed E-state index contributed by atoms with van der Waals surface area (Å²) in [5.74, 6) is -1.10. The topological polar surface area (TPSA) is 101 Å². The zero-order valence-corrected chi connectivity index (χ0v) is 11.7. The van der Waals surface area contributed by atoms with Crippen LogP contribution in [-0.4, -0.2) is 35.8 Å². The van der Waals surface area contributed by atoms with Crippen molar-refractivity contribution < 1.29 is 18.3 Å². The molecule has 2 N–H and O–H groups in total. The van der Waals surface area contributed by atoms with Crippen molar-refractivity contribution in [3.63, 3.8) is 0 Å². The van der Waals surface area contributed by atoms with Gasteiger partial charge in [-0.3, -0.25) is 9.48 Å². The maximum atomic E-state index is 12.0. The van der Waals surface area contributed by atoms with E-state index < -0.39 is 21.4 Å². The molecule has 0 saturated heterocycles. The van der Waals surface area contributed by atoms with E-state index in [0.717, 1.165) is 4.68 Å². The van der Waals surface area contributed by atoms with Gasteiger partial charge in [-0.2, -0.15) is 5.10 Å². The van der Waals surface area contributed by atoms with Gasteiger partial charge in [-0.05, 0) is 13.8 Å². The van der Waals surface area contributed by atoms with Crippen LogP contribution in [-0.2, 0) is 21.9 Å². The van der Waals surface area contributed by atoms with Crippen LogP contribution in [0.15, 0.2) is 11.2 Å². The highest BCUT2D eigenvalue weighted by molar-refractivity contribution is 7.89. The molecule has 18 heavy (non-hydrogen) atoms. The van der Waals surface area contributed by atoms with Crippen LogP contribution in [0.1, 0.15) is 13.8 Å². The van der Waals surface area contributed by atoms with E-state index in [1.165, 1.54) is 27.1 Å².